The Bertz CT molecular complexity index is 814. The SMILES string of the molecule is CCCCCCCCCCCCCCCC(=O)OCC(COC(=O)CCCCCCCCCCCCCCC)NC(=O)C(C)(C)OCC(C)(C)OC. The monoisotopic (exact) mass is 740 g/mol. The number of methoxy groups -OCH3 is 1. The summed E-state index contributed by atoms with van der Waals surface area (Å²) in [5, 5.41) is 2.90. The fraction of sp³-hybridized carbons (Fsp3) is 0.932. The molecule has 0 aliphatic rings. The lowest BCUT2D eigenvalue weighted by atomic mass is 10.0. The number of ether oxygens (including phenoxy) is 4. The van der Waals surface area contributed by atoms with Gasteiger partial charge in [-0.1, -0.05) is 168 Å². The molecule has 0 heterocycles. The van der Waals surface area contributed by atoms with Crippen LogP contribution in [0.4, 0.5) is 0 Å². The van der Waals surface area contributed by atoms with E-state index in [0.717, 1.165) is 38.5 Å². The lowest BCUT2D eigenvalue weighted by Gasteiger charge is -2.31. The zero-order valence-corrected chi connectivity index (χ0v) is 35.4. The average molecular weight is 740 g/mol. The normalized spacial score (nSPS) is 12.0. The Hall–Kier alpha value is -1.67. The van der Waals surface area contributed by atoms with E-state index < -0.39 is 17.2 Å². The standard InChI is InChI=1S/C44H85NO7/c1-8-10-12-14-16-18-20-22-24-26-28-30-32-34-40(46)50-36-39(45-42(48)44(5,6)52-38-43(3,4)49-7)37-51-41(47)35-33-31-29-27-25-23-21-19-17-15-13-11-9-2/h39H,8-38H2,1-7H3,(H,45,48). The third-order valence-corrected chi connectivity index (χ3v) is 10.1. The van der Waals surface area contributed by atoms with Crippen molar-refractivity contribution in [2.45, 2.75) is 239 Å². The van der Waals surface area contributed by atoms with Gasteiger partial charge in [0.2, 0.25) is 0 Å². The molecule has 0 unspecified atom stereocenters. The van der Waals surface area contributed by atoms with Gasteiger partial charge in [0.25, 0.3) is 5.91 Å². The van der Waals surface area contributed by atoms with Crippen LogP contribution in [0.15, 0.2) is 0 Å². The van der Waals surface area contributed by atoms with Gasteiger partial charge in [0, 0.05) is 20.0 Å². The molecule has 8 heteroatoms. The van der Waals surface area contributed by atoms with E-state index in [1.54, 1.807) is 21.0 Å². The summed E-state index contributed by atoms with van der Waals surface area (Å²) in [6.45, 7) is 11.8. The van der Waals surface area contributed by atoms with Gasteiger partial charge in [0.05, 0.1) is 18.2 Å². The number of carbonyl (C=O) groups excluding carboxylic acids is 3. The van der Waals surface area contributed by atoms with Crippen LogP contribution in [0.3, 0.4) is 0 Å². The number of esters is 2. The van der Waals surface area contributed by atoms with Crippen molar-refractivity contribution in [1.29, 1.82) is 0 Å². The minimum atomic E-state index is -1.16. The second-order valence-corrected chi connectivity index (χ2v) is 16.3. The molecule has 52 heavy (non-hydrogen) atoms. The van der Waals surface area contributed by atoms with Gasteiger partial charge in [-0.2, -0.15) is 0 Å². The third kappa shape index (κ3) is 31.8. The number of carbonyl (C=O) groups is 3. The molecule has 0 spiro atoms. The third-order valence-electron chi connectivity index (χ3n) is 10.1. The minimum Gasteiger partial charge on any atom is -0.463 e. The van der Waals surface area contributed by atoms with Gasteiger partial charge >= 0.3 is 11.9 Å². The molecule has 0 saturated heterocycles. The summed E-state index contributed by atoms with van der Waals surface area (Å²) < 4.78 is 22.5. The van der Waals surface area contributed by atoms with Crippen molar-refractivity contribution in [2.24, 2.45) is 0 Å². The number of hydrogen-bond acceptors (Lipinski definition) is 7. The minimum absolute atomic E-state index is 0.0608. The summed E-state index contributed by atoms with van der Waals surface area (Å²) in [5.74, 6) is -0.958. The van der Waals surface area contributed by atoms with E-state index in [0.29, 0.717) is 12.8 Å². The summed E-state index contributed by atoms with van der Waals surface area (Å²) in [6.07, 6.45) is 33.1. The Balaban J connectivity index is 4.50. The predicted molar refractivity (Wildman–Crippen MR) is 216 cm³/mol. The lowest BCUT2D eigenvalue weighted by Crippen LogP contribution is -2.52. The molecule has 0 radical (unpaired) electrons. The zero-order chi connectivity index (χ0) is 38.8. The Morgan fingerprint density at radius 2 is 0.808 bits per heavy atom. The van der Waals surface area contributed by atoms with Crippen LogP contribution < -0.4 is 5.32 Å². The molecule has 1 amide bonds. The molecule has 0 aromatic heterocycles. The van der Waals surface area contributed by atoms with Gasteiger partial charge in [0.1, 0.15) is 18.8 Å². The van der Waals surface area contributed by atoms with Gasteiger partial charge in [-0.15, -0.1) is 0 Å². The number of amides is 1. The Morgan fingerprint density at radius 1 is 0.500 bits per heavy atom. The Kier molecular flexibility index (Phi) is 32.8. The molecule has 8 nitrogen and oxygen atoms in total. The first-order valence-electron chi connectivity index (χ1n) is 21.8. The highest BCUT2D eigenvalue weighted by Crippen LogP contribution is 2.18. The van der Waals surface area contributed by atoms with Crippen LogP contribution in [0.2, 0.25) is 0 Å². The van der Waals surface area contributed by atoms with Crippen molar-refractivity contribution >= 4 is 17.8 Å². The molecule has 0 rings (SSSR count). The van der Waals surface area contributed by atoms with Gasteiger partial charge in [0.15, 0.2) is 0 Å². The van der Waals surface area contributed by atoms with Crippen molar-refractivity contribution in [1.82, 2.24) is 5.32 Å². The van der Waals surface area contributed by atoms with Gasteiger partial charge in [-0.25, -0.2) is 0 Å². The zero-order valence-electron chi connectivity index (χ0n) is 35.4. The molecule has 0 aliphatic carbocycles. The maximum Gasteiger partial charge on any atom is 0.305 e. The highest BCUT2D eigenvalue weighted by atomic mass is 16.6. The molecule has 0 aromatic carbocycles. The maximum absolute atomic E-state index is 13.2. The average Bonchev–Trinajstić information content (AvgIpc) is 3.12. The first-order chi connectivity index (χ1) is 25.0. The van der Waals surface area contributed by atoms with Crippen LogP contribution in [-0.4, -0.2) is 62.0 Å². The molecule has 0 aliphatic heterocycles. The number of unbranched alkanes of at least 4 members (excludes halogenated alkanes) is 24. The second-order valence-electron chi connectivity index (χ2n) is 16.3. The lowest BCUT2D eigenvalue weighted by molar-refractivity contribution is -0.157. The molecule has 308 valence electrons. The summed E-state index contributed by atoms with van der Waals surface area (Å²) in [4.78, 5) is 38.4. The topological polar surface area (TPSA) is 100 Å². The van der Waals surface area contributed by atoms with Gasteiger partial charge in [-0.05, 0) is 40.5 Å². The smallest absolute Gasteiger partial charge is 0.305 e. The Labute approximate surface area is 321 Å². The molecular weight excluding hydrogens is 654 g/mol. The largest absolute Gasteiger partial charge is 0.463 e. The van der Waals surface area contributed by atoms with Crippen molar-refractivity contribution in [3.63, 3.8) is 0 Å². The van der Waals surface area contributed by atoms with Gasteiger partial charge in [-0.3, -0.25) is 14.4 Å². The molecule has 0 fully saturated rings. The van der Waals surface area contributed by atoms with E-state index in [-0.39, 0.29) is 37.7 Å². The first kappa shape index (κ1) is 50.3. The van der Waals surface area contributed by atoms with E-state index in [4.69, 9.17) is 18.9 Å². The van der Waals surface area contributed by atoms with Crippen LogP contribution in [-0.2, 0) is 33.3 Å². The summed E-state index contributed by atoms with van der Waals surface area (Å²) in [5.41, 5.74) is -1.71. The fourth-order valence-electron chi connectivity index (χ4n) is 6.07. The molecule has 0 bridgehead atoms. The number of rotatable bonds is 38. The van der Waals surface area contributed by atoms with Crippen molar-refractivity contribution in [3.8, 4) is 0 Å². The highest BCUT2D eigenvalue weighted by molar-refractivity contribution is 5.84. The molecule has 0 aromatic rings. The quantitative estimate of drug-likeness (QED) is 0.0497. The van der Waals surface area contributed by atoms with Crippen molar-refractivity contribution in [2.75, 3.05) is 26.9 Å². The summed E-state index contributed by atoms with van der Waals surface area (Å²) in [7, 11) is 1.60. The van der Waals surface area contributed by atoms with Gasteiger partial charge < -0.3 is 24.3 Å². The van der Waals surface area contributed by atoms with E-state index >= 15 is 0 Å². The van der Waals surface area contributed by atoms with Crippen LogP contribution in [0.1, 0.15) is 221 Å². The second kappa shape index (κ2) is 33.9. The molecule has 1 N–H and O–H groups in total. The first-order valence-corrected chi connectivity index (χ1v) is 21.8. The number of hydrogen-bond donors (Lipinski definition) is 1. The predicted octanol–water partition coefficient (Wildman–Crippen LogP) is 11.7. The van der Waals surface area contributed by atoms with Crippen LogP contribution in [0.25, 0.3) is 0 Å². The Morgan fingerprint density at radius 3 is 1.12 bits per heavy atom. The van der Waals surface area contributed by atoms with E-state index in [1.165, 1.54) is 128 Å². The van der Waals surface area contributed by atoms with Crippen LogP contribution in [0, 0.1) is 0 Å². The van der Waals surface area contributed by atoms with E-state index in [9.17, 15) is 14.4 Å². The van der Waals surface area contributed by atoms with E-state index in [2.05, 4.69) is 19.2 Å². The van der Waals surface area contributed by atoms with E-state index in [1.807, 2.05) is 13.8 Å². The fourth-order valence-corrected chi connectivity index (χ4v) is 6.07. The van der Waals surface area contributed by atoms with Crippen molar-refractivity contribution < 1.29 is 33.3 Å². The summed E-state index contributed by atoms with van der Waals surface area (Å²) >= 11 is 0. The number of nitrogens with one attached hydrogen (secondary N) is 1. The maximum atomic E-state index is 13.2. The highest BCUT2D eigenvalue weighted by Gasteiger charge is 2.33. The summed E-state index contributed by atoms with van der Waals surface area (Å²) in [6, 6.07) is -0.669. The molecule has 0 saturated carbocycles. The molecule has 0 atom stereocenters. The molecular formula is C44H85NO7. The van der Waals surface area contributed by atoms with Crippen molar-refractivity contribution in [3.05, 3.63) is 0 Å². The van der Waals surface area contributed by atoms with Crippen LogP contribution >= 0.6 is 0 Å². The van der Waals surface area contributed by atoms with Crippen LogP contribution in [0.5, 0.6) is 0 Å².